The van der Waals surface area contributed by atoms with Gasteiger partial charge in [-0.2, -0.15) is 0 Å². The first kappa shape index (κ1) is 12.0. The lowest BCUT2D eigenvalue weighted by molar-refractivity contribution is -0.147. The molecule has 4 heteroatoms. The van der Waals surface area contributed by atoms with Crippen LogP contribution in [0.1, 0.15) is 24.8 Å². The molecule has 1 fully saturated rings. The summed E-state index contributed by atoms with van der Waals surface area (Å²) < 4.78 is 1.55. The third-order valence-corrected chi connectivity index (χ3v) is 4.27. The molecule has 1 aromatic carbocycles. The number of para-hydroxylation sites is 1. The predicted octanol–water partition coefficient (Wildman–Crippen LogP) is 2.04. The van der Waals surface area contributed by atoms with Gasteiger partial charge in [0, 0.05) is 12.6 Å². The number of hydrogen-bond acceptors (Lipinski definition) is 2. The minimum Gasteiger partial charge on any atom is -0.481 e. The van der Waals surface area contributed by atoms with E-state index in [0.717, 1.165) is 17.3 Å². The number of aliphatic carboxylic acids is 1. The van der Waals surface area contributed by atoms with E-state index < -0.39 is 11.4 Å². The highest BCUT2D eigenvalue weighted by atomic mass is 16.4. The average Bonchev–Trinajstić information content (AvgIpc) is 2.33. The van der Waals surface area contributed by atoms with Crippen molar-refractivity contribution in [2.45, 2.75) is 24.7 Å². The molecule has 1 aliphatic carbocycles. The number of fused-ring (bicyclic) bond motifs is 1. The molecule has 0 aliphatic heterocycles. The second-order valence-corrected chi connectivity index (χ2v) is 5.22. The van der Waals surface area contributed by atoms with Crippen LogP contribution in [0.3, 0.4) is 0 Å². The van der Waals surface area contributed by atoms with E-state index in [9.17, 15) is 14.7 Å². The first-order valence-electron chi connectivity index (χ1n) is 6.39. The molecule has 3 rings (SSSR count). The average molecular weight is 257 g/mol. The first-order chi connectivity index (χ1) is 9.06. The van der Waals surface area contributed by atoms with Gasteiger partial charge in [0.2, 0.25) is 0 Å². The van der Waals surface area contributed by atoms with E-state index in [1.165, 1.54) is 0 Å². The number of carbonyl (C=O) groups is 1. The van der Waals surface area contributed by atoms with Gasteiger partial charge in [-0.25, -0.2) is 0 Å². The van der Waals surface area contributed by atoms with Gasteiger partial charge in [0.1, 0.15) is 0 Å². The normalized spacial score (nSPS) is 17.1. The lowest BCUT2D eigenvalue weighted by Gasteiger charge is -2.37. The highest BCUT2D eigenvalue weighted by Crippen LogP contribution is 2.43. The molecule has 1 aliphatic rings. The molecule has 0 saturated heterocycles. The number of hydrogen-bond donors (Lipinski definition) is 1. The van der Waals surface area contributed by atoms with E-state index in [1.807, 2.05) is 24.3 Å². The Hall–Kier alpha value is -2.10. The van der Waals surface area contributed by atoms with Crippen molar-refractivity contribution < 1.29 is 9.90 Å². The van der Waals surface area contributed by atoms with Crippen LogP contribution in [0.4, 0.5) is 0 Å². The highest BCUT2D eigenvalue weighted by Gasteiger charge is 2.47. The van der Waals surface area contributed by atoms with E-state index >= 15 is 0 Å². The number of carboxylic acids is 1. The second-order valence-electron chi connectivity index (χ2n) is 5.22. The van der Waals surface area contributed by atoms with Gasteiger partial charge in [0.25, 0.3) is 5.56 Å². The fourth-order valence-corrected chi connectivity index (χ4v) is 2.89. The quantitative estimate of drug-likeness (QED) is 0.895. The second kappa shape index (κ2) is 3.95. The minimum absolute atomic E-state index is 0.194. The number of aryl methyl sites for hydroxylation is 1. The number of rotatable bonds is 2. The maximum Gasteiger partial charge on any atom is 0.314 e. The molecule has 0 spiro atoms. The van der Waals surface area contributed by atoms with Gasteiger partial charge in [-0.1, -0.05) is 24.6 Å². The van der Waals surface area contributed by atoms with Crippen LogP contribution < -0.4 is 5.56 Å². The highest BCUT2D eigenvalue weighted by molar-refractivity contribution is 5.86. The Morgan fingerprint density at radius 2 is 2.00 bits per heavy atom. The summed E-state index contributed by atoms with van der Waals surface area (Å²) in [5.41, 5.74) is 0.0863. The molecule has 4 nitrogen and oxygen atoms in total. The van der Waals surface area contributed by atoms with Crippen molar-refractivity contribution in [1.29, 1.82) is 0 Å². The van der Waals surface area contributed by atoms with Crippen LogP contribution in [0.2, 0.25) is 0 Å². The van der Waals surface area contributed by atoms with Crippen molar-refractivity contribution >= 4 is 16.9 Å². The fraction of sp³-hybridized carbons (Fsp3) is 0.333. The smallest absolute Gasteiger partial charge is 0.314 e. The standard InChI is InChI=1S/C15H15NO3/c1-16-12-6-3-2-5-10(12)9-11(13(16)17)15(14(18)19)7-4-8-15/h2-3,5-6,9H,4,7-8H2,1H3,(H,18,19). The van der Waals surface area contributed by atoms with Crippen LogP contribution >= 0.6 is 0 Å². The van der Waals surface area contributed by atoms with Crippen LogP contribution in [-0.4, -0.2) is 15.6 Å². The van der Waals surface area contributed by atoms with Gasteiger partial charge >= 0.3 is 5.97 Å². The number of pyridine rings is 1. The van der Waals surface area contributed by atoms with Gasteiger partial charge in [0.05, 0.1) is 10.9 Å². The summed E-state index contributed by atoms with van der Waals surface area (Å²) in [6, 6.07) is 9.30. The van der Waals surface area contributed by atoms with Crippen molar-refractivity contribution in [2.75, 3.05) is 0 Å². The monoisotopic (exact) mass is 257 g/mol. The van der Waals surface area contributed by atoms with Crippen LogP contribution in [0.15, 0.2) is 35.1 Å². The molecule has 19 heavy (non-hydrogen) atoms. The lowest BCUT2D eigenvalue weighted by Crippen LogP contribution is -2.46. The Morgan fingerprint density at radius 3 is 2.58 bits per heavy atom. The van der Waals surface area contributed by atoms with Gasteiger partial charge in [-0.3, -0.25) is 9.59 Å². The summed E-state index contributed by atoms with van der Waals surface area (Å²) in [6.07, 6.45) is 1.97. The zero-order chi connectivity index (χ0) is 13.6. The third kappa shape index (κ3) is 1.52. The Balaban J connectivity index is 2.34. The van der Waals surface area contributed by atoms with Crippen LogP contribution in [-0.2, 0) is 17.3 Å². The minimum atomic E-state index is -0.973. The fourth-order valence-electron chi connectivity index (χ4n) is 2.89. The van der Waals surface area contributed by atoms with Crippen molar-refractivity contribution in [3.8, 4) is 0 Å². The van der Waals surface area contributed by atoms with Crippen LogP contribution in [0, 0.1) is 0 Å². The molecule has 0 bridgehead atoms. The van der Waals surface area contributed by atoms with Crippen molar-refractivity contribution in [3.05, 3.63) is 46.2 Å². The van der Waals surface area contributed by atoms with E-state index in [0.29, 0.717) is 18.4 Å². The molecule has 2 aromatic rings. The van der Waals surface area contributed by atoms with E-state index in [2.05, 4.69) is 0 Å². The molecule has 1 N–H and O–H groups in total. The Kier molecular flexibility index (Phi) is 2.49. The number of nitrogens with zero attached hydrogens (tertiary/aromatic N) is 1. The SMILES string of the molecule is Cn1c(=O)c(C2(C(=O)O)CCC2)cc2ccccc21. The molecule has 0 atom stereocenters. The van der Waals surface area contributed by atoms with Crippen molar-refractivity contribution in [3.63, 3.8) is 0 Å². The van der Waals surface area contributed by atoms with Gasteiger partial charge in [-0.15, -0.1) is 0 Å². The van der Waals surface area contributed by atoms with Crippen molar-refractivity contribution in [2.24, 2.45) is 7.05 Å². The van der Waals surface area contributed by atoms with Crippen LogP contribution in [0.25, 0.3) is 10.9 Å². The predicted molar refractivity (Wildman–Crippen MR) is 72.4 cm³/mol. The zero-order valence-electron chi connectivity index (χ0n) is 10.7. The molecule has 1 heterocycles. The van der Waals surface area contributed by atoms with E-state index in [-0.39, 0.29) is 5.56 Å². The van der Waals surface area contributed by atoms with Crippen LogP contribution in [0.5, 0.6) is 0 Å². The molecule has 1 saturated carbocycles. The van der Waals surface area contributed by atoms with Gasteiger partial charge < -0.3 is 9.67 Å². The maximum absolute atomic E-state index is 12.4. The first-order valence-corrected chi connectivity index (χ1v) is 6.39. The Labute approximate surface area is 110 Å². The Bertz CT molecular complexity index is 726. The zero-order valence-corrected chi connectivity index (χ0v) is 10.7. The number of benzene rings is 1. The number of carboxylic acid groups (broad SMARTS) is 1. The Morgan fingerprint density at radius 1 is 1.32 bits per heavy atom. The van der Waals surface area contributed by atoms with Gasteiger partial charge in [0.15, 0.2) is 0 Å². The maximum atomic E-state index is 12.4. The molecule has 98 valence electrons. The van der Waals surface area contributed by atoms with Crippen molar-refractivity contribution in [1.82, 2.24) is 4.57 Å². The molecule has 0 unspecified atom stereocenters. The molecule has 1 aromatic heterocycles. The molecule has 0 radical (unpaired) electrons. The molecule has 0 amide bonds. The largest absolute Gasteiger partial charge is 0.481 e. The summed E-state index contributed by atoms with van der Waals surface area (Å²) in [5.74, 6) is -0.883. The summed E-state index contributed by atoms with van der Waals surface area (Å²) in [5, 5.41) is 10.4. The van der Waals surface area contributed by atoms with E-state index in [1.54, 1.807) is 17.7 Å². The summed E-state index contributed by atoms with van der Waals surface area (Å²) in [4.78, 5) is 24.0. The number of aromatic nitrogens is 1. The molecular formula is C15H15NO3. The summed E-state index contributed by atoms with van der Waals surface area (Å²) >= 11 is 0. The molecular weight excluding hydrogens is 242 g/mol. The third-order valence-electron chi connectivity index (χ3n) is 4.27. The van der Waals surface area contributed by atoms with E-state index in [4.69, 9.17) is 0 Å². The lowest BCUT2D eigenvalue weighted by atomic mass is 9.64. The van der Waals surface area contributed by atoms with Gasteiger partial charge in [-0.05, 0) is 30.4 Å². The summed E-state index contributed by atoms with van der Waals surface area (Å²) in [7, 11) is 1.70. The topological polar surface area (TPSA) is 59.3 Å². The summed E-state index contributed by atoms with van der Waals surface area (Å²) in [6.45, 7) is 0.